The number of ether oxygens (including phenoxy) is 2. The number of methoxy groups -OCH3 is 2. The van der Waals surface area contributed by atoms with Gasteiger partial charge in [0, 0.05) is 22.2 Å². The Kier molecular flexibility index (Phi) is 8.57. The van der Waals surface area contributed by atoms with Crippen LogP contribution in [0.4, 0.5) is 5.69 Å². The SMILES string of the molecule is COc1ccc(-c2cc(-c3ccccc3)nc(SC(C)C(=O)Nc3cc(C)c(Cl)cc3OC)c2C#N)cc1. The summed E-state index contributed by atoms with van der Waals surface area (Å²) < 4.78 is 10.7. The molecule has 4 aromatic rings. The maximum atomic E-state index is 13.2. The molecule has 0 fully saturated rings. The summed E-state index contributed by atoms with van der Waals surface area (Å²) in [6, 6.07) is 24.9. The van der Waals surface area contributed by atoms with Crippen LogP contribution in [0.25, 0.3) is 22.4 Å². The minimum absolute atomic E-state index is 0.253. The fourth-order valence-electron chi connectivity index (χ4n) is 3.86. The summed E-state index contributed by atoms with van der Waals surface area (Å²) in [4.78, 5) is 18.0. The van der Waals surface area contributed by atoms with Gasteiger partial charge in [-0.25, -0.2) is 4.98 Å². The first-order chi connectivity index (χ1) is 18.3. The average molecular weight is 544 g/mol. The molecule has 0 saturated heterocycles. The molecule has 3 aromatic carbocycles. The van der Waals surface area contributed by atoms with Crippen molar-refractivity contribution in [1.82, 2.24) is 4.98 Å². The number of anilines is 1. The number of pyridine rings is 1. The van der Waals surface area contributed by atoms with E-state index in [1.807, 2.05) is 67.6 Å². The topological polar surface area (TPSA) is 84.2 Å². The number of amides is 1. The molecule has 0 aliphatic rings. The molecule has 192 valence electrons. The number of rotatable bonds is 8. The molecular formula is C30H26ClN3O3S. The highest BCUT2D eigenvalue weighted by molar-refractivity contribution is 8.00. The van der Waals surface area contributed by atoms with Gasteiger partial charge in [-0.15, -0.1) is 0 Å². The van der Waals surface area contributed by atoms with E-state index in [1.165, 1.54) is 18.9 Å². The molecule has 1 N–H and O–H groups in total. The van der Waals surface area contributed by atoms with Gasteiger partial charge in [0.25, 0.3) is 0 Å². The predicted octanol–water partition coefficient (Wildman–Crippen LogP) is 7.39. The third-order valence-electron chi connectivity index (χ3n) is 5.96. The molecule has 8 heteroatoms. The van der Waals surface area contributed by atoms with Crippen molar-refractivity contribution in [2.45, 2.75) is 24.1 Å². The Labute approximate surface area is 231 Å². The van der Waals surface area contributed by atoms with E-state index < -0.39 is 5.25 Å². The number of thioether (sulfide) groups is 1. The average Bonchev–Trinajstić information content (AvgIpc) is 2.94. The third kappa shape index (κ3) is 5.94. The Morgan fingerprint density at radius 2 is 1.74 bits per heavy atom. The van der Waals surface area contributed by atoms with Gasteiger partial charge in [0.2, 0.25) is 5.91 Å². The summed E-state index contributed by atoms with van der Waals surface area (Å²) in [6.07, 6.45) is 0. The molecule has 1 heterocycles. The van der Waals surface area contributed by atoms with E-state index >= 15 is 0 Å². The summed E-state index contributed by atoms with van der Waals surface area (Å²) in [5.41, 5.74) is 4.94. The van der Waals surface area contributed by atoms with Crippen molar-refractivity contribution >= 4 is 35.0 Å². The largest absolute Gasteiger partial charge is 0.497 e. The Balaban J connectivity index is 1.72. The molecule has 6 nitrogen and oxygen atoms in total. The van der Waals surface area contributed by atoms with Crippen molar-refractivity contribution in [3.05, 3.63) is 88.9 Å². The number of hydrogen-bond acceptors (Lipinski definition) is 6. The van der Waals surface area contributed by atoms with Crippen LogP contribution in [-0.2, 0) is 4.79 Å². The van der Waals surface area contributed by atoms with E-state index in [2.05, 4.69) is 11.4 Å². The maximum absolute atomic E-state index is 13.2. The molecule has 0 spiro atoms. The lowest BCUT2D eigenvalue weighted by atomic mass is 9.99. The molecule has 0 radical (unpaired) electrons. The number of benzene rings is 3. The lowest BCUT2D eigenvalue weighted by Crippen LogP contribution is -2.23. The normalized spacial score (nSPS) is 11.4. The van der Waals surface area contributed by atoms with Crippen molar-refractivity contribution in [3.63, 3.8) is 0 Å². The predicted molar refractivity (Wildman–Crippen MR) is 153 cm³/mol. The minimum Gasteiger partial charge on any atom is -0.497 e. The number of nitriles is 1. The highest BCUT2D eigenvalue weighted by atomic mass is 35.5. The number of aryl methyl sites for hydroxylation is 1. The highest BCUT2D eigenvalue weighted by Gasteiger charge is 2.22. The number of carbonyl (C=O) groups is 1. The zero-order chi connectivity index (χ0) is 27.2. The Hall–Kier alpha value is -3.99. The molecule has 0 aliphatic carbocycles. The van der Waals surface area contributed by atoms with Crippen LogP contribution < -0.4 is 14.8 Å². The molecule has 1 unspecified atom stereocenters. The zero-order valence-corrected chi connectivity index (χ0v) is 23.0. The zero-order valence-electron chi connectivity index (χ0n) is 21.4. The Morgan fingerprint density at radius 3 is 2.37 bits per heavy atom. The van der Waals surface area contributed by atoms with Crippen molar-refractivity contribution in [2.75, 3.05) is 19.5 Å². The standard InChI is InChI=1S/C30H26ClN3O3S/c1-18-14-27(28(37-4)16-25(18)31)33-29(35)19(2)38-30-24(17-32)23(20-10-12-22(36-3)13-11-20)15-26(34-30)21-8-6-5-7-9-21/h5-16,19H,1-4H3,(H,33,35). The van der Waals surface area contributed by atoms with Crippen molar-refractivity contribution in [1.29, 1.82) is 5.26 Å². The summed E-state index contributed by atoms with van der Waals surface area (Å²) in [7, 11) is 3.13. The third-order valence-corrected chi connectivity index (χ3v) is 7.46. The van der Waals surface area contributed by atoms with Gasteiger partial charge < -0.3 is 14.8 Å². The van der Waals surface area contributed by atoms with Crippen LogP contribution in [-0.4, -0.2) is 30.4 Å². The smallest absolute Gasteiger partial charge is 0.237 e. The maximum Gasteiger partial charge on any atom is 0.237 e. The second-order valence-electron chi connectivity index (χ2n) is 8.49. The first-order valence-corrected chi connectivity index (χ1v) is 13.1. The number of carbonyl (C=O) groups excluding carboxylic acids is 1. The van der Waals surface area contributed by atoms with Gasteiger partial charge in [0.05, 0.1) is 36.4 Å². The van der Waals surface area contributed by atoms with Crippen LogP contribution in [0.1, 0.15) is 18.1 Å². The van der Waals surface area contributed by atoms with E-state index in [1.54, 1.807) is 26.2 Å². The number of halogens is 1. The first kappa shape index (κ1) is 27.1. The van der Waals surface area contributed by atoms with Crippen LogP contribution >= 0.6 is 23.4 Å². The molecule has 0 bridgehead atoms. The molecular weight excluding hydrogens is 518 g/mol. The molecule has 1 atom stereocenters. The number of nitrogens with zero attached hydrogens (tertiary/aromatic N) is 2. The van der Waals surface area contributed by atoms with Crippen molar-refractivity contribution in [3.8, 4) is 40.0 Å². The lowest BCUT2D eigenvalue weighted by Gasteiger charge is -2.17. The van der Waals surface area contributed by atoms with Gasteiger partial charge in [-0.3, -0.25) is 4.79 Å². The molecule has 1 aromatic heterocycles. The number of nitrogens with one attached hydrogen (secondary N) is 1. The van der Waals surface area contributed by atoms with E-state index in [9.17, 15) is 10.1 Å². The van der Waals surface area contributed by atoms with Crippen molar-refractivity contribution < 1.29 is 14.3 Å². The van der Waals surface area contributed by atoms with Gasteiger partial charge in [0.15, 0.2) is 0 Å². The summed E-state index contributed by atoms with van der Waals surface area (Å²) >= 11 is 7.44. The van der Waals surface area contributed by atoms with Gasteiger partial charge in [-0.05, 0) is 49.2 Å². The molecule has 0 saturated carbocycles. The lowest BCUT2D eigenvalue weighted by molar-refractivity contribution is -0.115. The fraction of sp³-hybridized carbons (Fsp3) is 0.167. The monoisotopic (exact) mass is 543 g/mol. The van der Waals surface area contributed by atoms with Crippen LogP contribution in [0.15, 0.2) is 77.8 Å². The Morgan fingerprint density at radius 1 is 1.03 bits per heavy atom. The fourth-order valence-corrected chi connectivity index (χ4v) is 4.93. The van der Waals surface area contributed by atoms with Crippen LogP contribution in [0, 0.1) is 18.3 Å². The molecule has 1 amide bonds. The van der Waals surface area contributed by atoms with Gasteiger partial charge >= 0.3 is 0 Å². The second-order valence-corrected chi connectivity index (χ2v) is 10.2. The van der Waals surface area contributed by atoms with Crippen molar-refractivity contribution in [2.24, 2.45) is 0 Å². The second kappa shape index (κ2) is 12.0. The minimum atomic E-state index is -0.565. The van der Waals surface area contributed by atoms with Crippen LogP contribution in [0.2, 0.25) is 5.02 Å². The molecule has 4 rings (SSSR count). The Bertz CT molecular complexity index is 1500. The van der Waals surface area contributed by atoms with E-state index in [0.717, 1.165) is 28.0 Å². The van der Waals surface area contributed by atoms with Crippen LogP contribution in [0.5, 0.6) is 11.5 Å². The summed E-state index contributed by atoms with van der Waals surface area (Å²) in [5.74, 6) is 0.934. The summed E-state index contributed by atoms with van der Waals surface area (Å²) in [5, 5.41) is 13.6. The number of aromatic nitrogens is 1. The van der Waals surface area contributed by atoms with Crippen LogP contribution in [0.3, 0.4) is 0 Å². The molecule has 38 heavy (non-hydrogen) atoms. The van der Waals surface area contributed by atoms with E-state index in [0.29, 0.717) is 32.7 Å². The van der Waals surface area contributed by atoms with E-state index in [-0.39, 0.29) is 5.91 Å². The van der Waals surface area contributed by atoms with Gasteiger partial charge in [-0.1, -0.05) is 65.8 Å². The highest BCUT2D eigenvalue weighted by Crippen LogP contribution is 2.37. The van der Waals surface area contributed by atoms with Gasteiger partial charge in [-0.2, -0.15) is 5.26 Å². The quantitative estimate of drug-likeness (QED) is 0.233. The first-order valence-electron chi connectivity index (χ1n) is 11.8. The summed E-state index contributed by atoms with van der Waals surface area (Å²) in [6.45, 7) is 3.63. The van der Waals surface area contributed by atoms with E-state index in [4.69, 9.17) is 26.1 Å². The number of hydrogen-bond donors (Lipinski definition) is 1. The van der Waals surface area contributed by atoms with Gasteiger partial charge in [0.1, 0.15) is 22.6 Å². The molecule has 0 aliphatic heterocycles.